The van der Waals surface area contributed by atoms with Crippen molar-refractivity contribution in [2.45, 2.75) is 20.0 Å². The summed E-state index contributed by atoms with van der Waals surface area (Å²) in [7, 11) is 0. The number of anilines is 2. The molecule has 142 valence electrons. The molecule has 0 saturated carbocycles. The molecule has 7 nitrogen and oxygen atoms in total. The first kappa shape index (κ1) is 17.8. The highest BCUT2D eigenvalue weighted by atomic mass is 16.6. The highest BCUT2D eigenvalue weighted by molar-refractivity contribution is 5.95. The number of hydrogen-bond acceptors (Lipinski definition) is 6. The molecule has 0 spiro atoms. The van der Waals surface area contributed by atoms with Crippen molar-refractivity contribution >= 4 is 17.4 Å². The van der Waals surface area contributed by atoms with E-state index < -0.39 is 6.10 Å². The van der Waals surface area contributed by atoms with Crippen LogP contribution in [0.4, 0.5) is 11.5 Å². The summed E-state index contributed by atoms with van der Waals surface area (Å²) < 4.78 is 11.4. The largest absolute Gasteiger partial charge is 0.485 e. The third-order valence-electron chi connectivity index (χ3n) is 4.43. The van der Waals surface area contributed by atoms with Gasteiger partial charge in [0.2, 0.25) is 6.10 Å². The number of hydrogen-bond donors (Lipinski definition) is 2. The van der Waals surface area contributed by atoms with Gasteiger partial charge in [-0.05, 0) is 43.7 Å². The number of benzene rings is 2. The minimum atomic E-state index is -0.709. The van der Waals surface area contributed by atoms with Gasteiger partial charge in [0.1, 0.15) is 18.2 Å². The van der Waals surface area contributed by atoms with Crippen LogP contribution in [0.5, 0.6) is 11.5 Å². The lowest BCUT2D eigenvalue weighted by atomic mass is 10.0. The molecule has 7 heteroatoms. The van der Waals surface area contributed by atoms with E-state index in [1.54, 1.807) is 19.1 Å². The first-order chi connectivity index (χ1) is 13.5. The Morgan fingerprint density at radius 2 is 1.89 bits per heavy atom. The molecule has 3 aromatic rings. The van der Waals surface area contributed by atoms with Gasteiger partial charge < -0.3 is 20.5 Å². The molecule has 4 rings (SSSR count). The summed E-state index contributed by atoms with van der Waals surface area (Å²) >= 11 is 0. The normalized spacial score (nSPS) is 15.1. The Balaban J connectivity index is 1.50. The van der Waals surface area contributed by atoms with Gasteiger partial charge in [0, 0.05) is 17.3 Å². The number of nitrogens with one attached hydrogen (secondary N) is 1. The quantitative estimate of drug-likeness (QED) is 0.729. The minimum Gasteiger partial charge on any atom is -0.485 e. The summed E-state index contributed by atoms with van der Waals surface area (Å²) in [5.74, 6) is 1.99. The Kier molecular flexibility index (Phi) is 4.57. The zero-order valence-corrected chi connectivity index (χ0v) is 15.6. The van der Waals surface area contributed by atoms with Crippen molar-refractivity contribution in [2.75, 3.05) is 17.7 Å². The number of aromatic nitrogens is 2. The molecular formula is C21H20N4O3. The van der Waals surface area contributed by atoms with Crippen LogP contribution in [0.2, 0.25) is 0 Å². The van der Waals surface area contributed by atoms with Gasteiger partial charge in [-0.25, -0.2) is 9.97 Å². The highest BCUT2D eigenvalue weighted by Crippen LogP contribution is 2.31. The van der Waals surface area contributed by atoms with E-state index >= 15 is 0 Å². The summed E-state index contributed by atoms with van der Waals surface area (Å²) in [5.41, 5.74) is 9.14. The molecule has 28 heavy (non-hydrogen) atoms. The topological polar surface area (TPSA) is 99.4 Å². The van der Waals surface area contributed by atoms with Crippen LogP contribution in [0.15, 0.2) is 48.5 Å². The zero-order valence-electron chi connectivity index (χ0n) is 15.6. The van der Waals surface area contributed by atoms with Crippen LogP contribution in [0.3, 0.4) is 0 Å². The third-order valence-corrected chi connectivity index (χ3v) is 4.43. The van der Waals surface area contributed by atoms with Gasteiger partial charge in [0.05, 0.1) is 5.69 Å². The van der Waals surface area contributed by atoms with Crippen molar-refractivity contribution < 1.29 is 14.3 Å². The molecule has 0 radical (unpaired) electrons. The summed E-state index contributed by atoms with van der Waals surface area (Å²) in [6.07, 6.45) is -0.709. The van der Waals surface area contributed by atoms with Gasteiger partial charge in [-0.2, -0.15) is 0 Å². The van der Waals surface area contributed by atoms with E-state index in [9.17, 15) is 4.79 Å². The van der Waals surface area contributed by atoms with Crippen molar-refractivity contribution in [1.29, 1.82) is 0 Å². The predicted octanol–water partition coefficient (Wildman–Crippen LogP) is 3.12. The first-order valence-corrected chi connectivity index (χ1v) is 8.91. The molecule has 1 atom stereocenters. The maximum Gasteiger partial charge on any atom is 0.269 e. The minimum absolute atomic E-state index is 0.166. The number of fused-ring (bicyclic) bond motifs is 1. The van der Waals surface area contributed by atoms with Crippen LogP contribution in [0.25, 0.3) is 11.3 Å². The van der Waals surface area contributed by atoms with E-state index in [4.69, 9.17) is 15.2 Å². The van der Waals surface area contributed by atoms with Gasteiger partial charge in [-0.3, -0.25) is 4.79 Å². The van der Waals surface area contributed by atoms with Crippen molar-refractivity contribution in [3.8, 4) is 22.8 Å². The fourth-order valence-electron chi connectivity index (χ4n) is 3.13. The lowest BCUT2D eigenvalue weighted by Gasteiger charge is -2.25. The van der Waals surface area contributed by atoms with Gasteiger partial charge in [-0.1, -0.05) is 18.2 Å². The van der Waals surface area contributed by atoms with E-state index in [1.165, 1.54) is 0 Å². The number of nitrogen functional groups attached to an aromatic ring is 1. The molecule has 1 amide bonds. The maximum atomic E-state index is 12.6. The average molecular weight is 376 g/mol. The summed E-state index contributed by atoms with van der Waals surface area (Å²) in [6, 6.07) is 14.6. The Hall–Kier alpha value is -3.61. The van der Waals surface area contributed by atoms with Gasteiger partial charge in [-0.15, -0.1) is 0 Å². The summed E-state index contributed by atoms with van der Waals surface area (Å²) in [4.78, 5) is 21.1. The van der Waals surface area contributed by atoms with Gasteiger partial charge >= 0.3 is 0 Å². The molecule has 1 aromatic heterocycles. The van der Waals surface area contributed by atoms with Crippen LogP contribution in [0, 0.1) is 13.8 Å². The Morgan fingerprint density at radius 1 is 1.11 bits per heavy atom. The lowest BCUT2D eigenvalue weighted by molar-refractivity contribution is -0.125. The van der Waals surface area contributed by atoms with Crippen molar-refractivity contribution in [2.24, 2.45) is 0 Å². The van der Waals surface area contributed by atoms with E-state index in [2.05, 4.69) is 15.3 Å². The molecule has 1 aliphatic heterocycles. The second-order valence-electron chi connectivity index (χ2n) is 6.61. The number of carbonyl (C=O) groups is 1. The van der Waals surface area contributed by atoms with Gasteiger partial charge in [0.15, 0.2) is 11.5 Å². The first-order valence-electron chi connectivity index (χ1n) is 8.91. The number of carbonyl (C=O) groups excluding carboxylic acids is 1. The number of aryl methyl sites for hydroxylation is 2. The van der Waals surface area contributed by atoms with Crippen LogP contribution >= 0.6 is 0 Å². The molecular weight excluding hydrogens is 356 g/mol. The zero-order chi connectivity index (χ0) is 19.7. The standard InChI is InChI=1S/C21H20N4O3/c1-12-9-14(7-8-15(12)16-10-20(22)24-13(2)23-16)25-21(26)19-11-27-17-5-3-4-6-18(17)28-19/h3-10,19H,11H2,1-2H3,(H,25,26)(H2,22,23,24). The number of nitrogens with zero attached hydrogens (tertiary/aromatic N) is 2. The number of ether oxygens (including phenoxy) is 2. The molecule has 2 heterocycles. The summed E-state index contributed by atoms with van der Waals surface area (Å²) in [6.45, 7) is 3.92. The third kappa shape index (κ3) is 3.59. The Morgan fingerprint density at radius 3 is 2.64 bits per heavy atom. The molecule has 1 aliphatic rings. The fraction of sp³-hybridized carbons (Fsp3) is 0.190. The summed E-state index contributed by atoms with van der Waals surface area (Å²) in [5, 5.41) is 2.88. The highest BCUT2D eigenvalue weighted by Gasteiger charge is 2.27. The predicted molar refractivity (Wildman–Crippen MR) is 106 cm³/mol. The Labute approximate surface area is 162 Å². The molecule has 1 unspecified atom stereocenters. The van der Waals surface area contributed by atoms with Crippen molar-refractivity contribution in [1.82, 2.24) is 9.97 Å². The van der Waals surface area contributed by atoms with Crippen LogP contribution < -0.4 is 20.5 Å². The monoisotopic (exact) mass is 376 g/mol. The molecule has 3 N–H and O–H groups in total. The molecule has 0 aliphatic carbocycles. The fourth-order valence-corrected chi connectivity index (χ4v) is 3.13. The van der Waals surface area contributed by atoms with E-state index in [0.29, 0.717) is 28.8 Å². The number of rotatable bonds is 3. The van der Waals surface area contributed by atoms with Crippen molar-refractivity contribution in [3.63, 3.8) is 0 Å². The number of amides is 1. The average Bonchev–Trinajstić information content (AvgIpc) is 2.67. The lowest BCUT2D eigenvalue weighted by Crippen LogP contribution is -2.40. The number of nitrogens with two attached hydrogens (primary N) is 1. The SMILES string of the molecule is Cc1nc(N)cc(-c2ccc(NC(=O)C3COc4ccccc4O3)cc2C)n1. The second-order valence-corrected chi connectivity index (χ2v) is 6.61. The van der Waals surface area contributed by atoms with Crippen LogP contribution in [-0.4, -0.2) is 28.6 Å². The maximum absolute atomic E-state index is 12.6. The molecule has 0 saturated heterocycles. The van der Waals surface area contributed by atoms with E-state index in [1.807, 2.05) is 43.3 Å². The van der Waals surface area contributed by atoms with E-state index in [-0.39, 0.29) is 12.5 Å². The molecule has 0 fully saturated rings. The van der Waals surface area contributed by atoms with Crippen LogP contribution in [-0.2, 0) is 4.79 Å². The second kappa shape index (κ2) is 7.19. The molecule has 2 aromatic carbocycles. The van der Waals surface area contributed by atoms with Gasteiger partial charge in [0.25, 0.3) is 5.91 Å². The smallest absolute Gasteiger partial charge is 0.269 e. The number of para-hydroxylation sites is 2. The van der Waals surface area contributed by atoms with Crippen molar-refractivity contribution in [3.05, 3.63) is 59.9 Å². The van der Waals surface area contributed by atoms with Crippen LogP contribution in [0.1, 0.15) is 11.4 Å². The van der Waals surface area contributed by atoms with E-state index in [0.717, 1.165) is 16.8 Å². The Bertz CT molecular complexity index is 1030. The molecule has 0 bridgehead atoms.